The van der Waals surface area contributed by atoms with Crippen molar-refractivity contribution in [3.05, 3.63) is 0 Å². The molecule has 0 bridgehead atoms. The highest BCUT2D eigenvalue weighted by Crippen LogP contribution is 2.33. The monoisotopic (exact) mass is 184 g/mol. The van der Waals surface area contributed by atoms with Crippen molar-refractivity contribution in [1.29, 1.82) is 0 Å². The van der Waals surface area contributed by atoms with Crippen LogP contribution in [0.15, 0.2) is 0 Å². The van der Waals surface area contributed by atoms with Crippen molar-refractivity contribution < 1.29 is 4.74 Å². The average molecular weight is 184 g/mol. The van der Waals surface area contributed by atoms with Crippen LogP contribution in [0.4, 0.5) is 0 Å². The first-order valence-electron chi connectivity index (χ1n) is 5.35. The number of piperazine rings is 1. The molecule has 1 aliphatic carbocycles. The molecule has 0 spiro atoms. The summed E-state index contributed by atoms with van der Waals surface area (Å²) in [6, 6.07) is 0.769. The van der Waals surface area contributed by atoms with Crippen LogP contribution in [-0.2, 0) is 4.74 Å². The molecule has 0 aromatic rings. The number of nitrogens with zero attached hydrogens (tertiary/aromatic N) is 1. The average Bonchev–Trinajstić information content (AvgIpc) is 2.98. The summed E-state index contributed by atoms with van der Waals surface area (Å²) in [6.07, 6.45) is 2.88. The predicted octanol–water partition coefficient (Wildman–Crippen LogP) is 0.317. The Labute approximate surface area is 80.4 Å². The minimum Gasteiger partial charge on any atom is -0.383 e. The molecule has 76 valence electrons. The SMILES string of the molecule is COCCN1CCNC(C2CC2)C1. The Morgan fingerprint density at radius 3 is 3.00 bits per heavy atom. The second-order valence-corrected chi connectivity index (χ2v) is 4.19. The lowest BCUT2D eigenvalue weighted by molar-refractivity contribution is 0.122. The first-order valence-corrected chi connectivity index (χ1v) is 5.35. The zero-order chi connectivity index (χ0) is 9.10. The molecule has 1 atom stereocenters. The molecule has 2 rings (SSSR count). The first kappa shape index (κ1) is 9.44. The van der Waals surface area contributed by atoms with E-state index < -0.39 is 0 Å². The van der Waals surface area contributed by atoms with Crippen molar-refractivity contribution >= 4 is 0 Å². The minimum absolute atomic E-state index is 0.769. The molecule has 3 nitrogen and oxygen atoms in total. The fourth-order valence-electron chi connectivity index (χ4n) is 2.08. The molecule has 1 unspecified atom stereocenters. The van der Waals surface area contributed by atoms with Crippen LogP contribution in [-0.4, -0.2) is 50.8 Å². The summed E-state index contributed by atoms with van der Waals surface area (Å²) in [7, 11) is 1.78. The van der Waals surface area contributed by atoms with E-state index in [-0.39, 0.29) is 0 Å². The molecule has 0 aromatic carbocycles. The van der Waals surface area contributed by atoms with Gasteiger partial charge < -0.3 is 10.1 Å². The highest BCUT2D eigenvalue weighted by molar-refractivity contribution is 4.91. The normalized spacial score (nSPS) is 30.7. The van der Waals surface area contributed by atoms with Gasteiger partial charge in [-0.1, -0.05) is 0 Å². The molecule has 0 amide bonds. The molecule has 2 aliphatic rings. The largest absolute Gasteiger partial charge is 0.383 e. The van der Waals surface area contributed by atoms with Gasteiger partial charge >= 0.3 is 0 Å². The fourth-order valence-corrected chi connectivity index (χ4v) is 2.08. The third kappa shape index (κ3) is 2.66. The third-order valence-corrected chi connectivity index (χ3v) is 3.09. The lowest BCUT2D eigenvalue weighted by Gasteiger charge is -2.33. The molecule has 1 heterocycles. The Morgan fingerprint density at radius 1 is 1.46 bits per heavy atom. The van der Waals surface area contributed by atoms with E-state index in [1.54, 1.807) is 7.11 Å². The van der Waals surface area contributed by atoms with Gasteiger partial charge in [-0.25, -0.2) is 0 Å². The number of ether oxygens (including phenoxy) is 1. The maximum Gasteiger partial charge on any atom is 0.0589 e. The van der Waals surface area contributed by atoms with Crippen molar-refractivity contribution in [3.63, 3.8) is 0 Å². The molecule has 3 heteroatoms. The second-order valence-electron chi connectivity index (χ2n) is 4.19. The lowest BCUT2D eigenvalue weighted by Crippen LogP contribution is -2.52. The van der Waals surface area contributed by atoms with Gasteiger partial charge in [0.15, 0.2) is 0 Å². The van der Waals surface area contributed by atoms with Gasteiger partial charge in [-0.2, -0.15) is 0 Å². The zero-order valence-electron chi connectivity index (χ0n) is 8.46. The molecule has 2 fully saturated rings. The first-order chi connectivity index (χ1) is 6.40. The predicted molar refractivity (Wildman–Crippen MR) is 52.8 cm³/mol. The Hall–Kier alpha value is -0.120. The molecular weight excluding hydrogens is 164 g/mol. The number of hydrogen-bond acceptors (Lipinski definition) is 3. The van der Waals surface area contributed by atoms with Gasteiger partial charge in [-0.3, -0.25) is 4.90 Å². The molecule has 1 saturated heterocycles. The van der Waals surface area contributed by atoms with Crippen LogP contribution >= 0.6 is 0 Å². The number of methoxy groups -OCH3 is 1. The van der Waals surface area contributed by atoms with E-state index in [1.165, 1.54) is 25.9 Å². The standard InChI is InChI=1S/C10H20N2O/c1-13-7-6-12-5-4-11-10(8-12)9-2-3-9/h9-11H,2-8H2,1H3. The van der Waals surface area contributed by atoms with Crippen molar-refractivity contribution in [2.75, 3.05) is 39.9 Å². The van der Waals surface area contributed by atoms with Crippen LogP contribution in [0.2, 0.25) is 0 Å². The Balaban J connectivity index is 1.71. The summed E-state index contributed by atoms with van der Waals surface area (Å²) in [5, 5.41) is 3.60. The van der Waals surface area contributed by atoms with E-state index in [0.29, 0.717) is 0 Å². The van der Waals surface area contributed by atoms with Gasteiger partial charge in [0.05, 0.1) is 6.61 Å². The molecule has 1 aliphatic heterocycles. The molecule has 1 N–H and O–H groups in total. The summed E-state index contributed by atoms with van der Waals surface area (Å²) in [5.41, 5.74) is 0. The molecule has 13 heavy (non-hydrogen) atoms. The number of nitrogens with one attached hydrogen (secondary N) is 1. The highest BCUT2D eigenvalue weighted by Gasteiger charge is 2.33. The van der Waals surface area contributed by atoms with Gasteiger partial charge in [0.1, 0.15) is 0 Å². The van der Waals surface area contributed by atoms with Gasteiger partial charge in [0.2, 0.25) is 0 Å². The van der Waals surface area contributed by atoms with Crippen LogP contribution in [0.5, 0.6) is 0 Å². The molecule has 0 radical (unpaired) electrons. The van der Waals surface area contributed by atoms with E-state index in [9.17, 15) is 0 Å². The van der Waals surface area contributed by atoms with Crippen molar-refractivity contribution in [3.8, 4) is 0 Å². The van der Waals surface area contributed by atoms with Crippen LogP contribution in [0.25, 0.3) is 0 Å². The fraction of sp³-hybridized carbons (Fsp3) is 1.00. The molecule has 0 aromatic heterocycles. The smallest absolute Gasteiger partial charge is 0.0589 e. The summed E-state index contributed by atoms with van der Waals surface area (Å²) in [4.78, 5) is 2.52. The minimum atomic E-state index is 0.769. The lowest BCUT2D eigenvalue weighted by atomic mass is 10.1. The van der Waals surface area contributed by atoms with Crippen molar-refractivity contribution in [2.45, 2.75) is 18.9 Å². The molecule has 1 saturated carbocycles. The Morgan fingerprint density at radius 2 is 2.31 bits per heavy atom. The van der Waals surface area contributed by atoms with Gasteiger partial charge in [-0.15, -0.1) is 0 Å². The summed E-state index contributed by atoms with van der Waals surface area (Å²) in [6.45, 7) is 5.55. The number of hydrogen-bond donors (Lipinski definition) is 1. The summed E-state index contributed by atoms with van der Waals surface area (Å²) >= 11 is 0. The van der Waals surface area contributed by atoms with Gasteiger partial charge in [0.25, 0.3) is 0 Å². The second kappa shape index (κ2) is 4.40. The topological polar surface area (TPSA) is 24.5 Å². The maximum absolute atomic E-state index is 5.09. The Bertz CT molecular complexity index is 159. The van der Waals surface area contributed by atoms with Crippen molar-refractivity contribution in [1.82, 2.24) is 10.2 Å². The zero-order valence-corrected chi connectivity index (χ0v) is 8.46. The highest BCUT2D eigenvalue weighted by atomic mass is 16.5. The van der Waals surface area contributed by atoms with E-state index >= 15 is 0 Å². The van der Waals surface area contributed by atoms with Gasteiger partial charge in [0, 0.05) is 39.3 Å². The maximum atomic E-state index is 5.09. The van der Waals surface area contributed by atoms with Crippen molar-refractivity contribution in [2.24, 2.45) is 5.92 Å². The molecular formula is C10H20N2O. The van der Waals surface area contributed by atoms with Crippen LogP contribution < -0.4 is 5.32 Å². The quantitative estimate of drug-likeness (QED) is 0.681. The Kier molecular flexibility index (Phi) is 3.19. The van der Waals surface area contributed by atoms with Crippen LogP contribution in [0.3, 0.4) is 0 Å². The summed E-state index contributed by atoms with van der Waals surface area (Å²) < 4.78 is 5.09. The van der Waals surface area contributed by atoms with E-state index in [2.05, 4.69) is 10.2 Å². The van der Waals surface area contributed by atoms with E-state index in [1.807, 2.05) is 0 Å². The number of rotatable bonds is 4. The van der Waals surface area contributed by atoms with Crippen LogP contribution in [0, 0.1) is 5.92 Å². The third-order valence-electron chi connectivity index (χ3n) is 3.09. The van der Waals surface area contributed by atoms with E-state index in [0.717, 1.165) is 31.7 Å². The van der Waals surface area contributed by atoms with E-state index in [4.69, 9.17) is 4.74 Å². The summed E-state index contributed by atoms with van der Waals surface area (Å²) in [5.74, 6) is 0.977. The van der Waals surface area contributed by atoms with Gasteiger partial charge in [-0.05, 0) is 18.8 Å². The van der Waals surface area contributed by atoms with Crippen LogP contribution in [0.1, 0.15) is 12.8 Å².